The summed E-state index contributed by atoms with van der Waals surface area (Å²) in [5.74, 6) is 1.26. The average molecular weight is 465 g/mol. The molecule has 178 valence electrons. The highest BCUT2D eigenvalue weighted by Gasteiger charge is 2.17. The summed E-state index contributed by atoms with van der Waals surface area (Å²) in [5.41, 5.74) is 1.44. The summed E-state index contributed by atoms with van der Waals surface area (Å²) in [6.45, 7) is 0.415. The molecule has 34 heavy (non-hydrogen) atoms. The lowest BCUT2D eigenvalue weighted by molar-refractivity contribution is -0.117. The quantitative estimate of drug-likeness (QED) is 0.331. The first-order valence-corrected chi connectivity index (χ1v) is 10.7. The van der Waals surface area contributed by atoms with Gasteiger partial charge in [-0.25, -0.2) is 0 Å². The highest BCUT2D eigenvalue weighted by molar-refractivity contribution is 6.05. The highest BCUT2D eigenvalue weighted by atomic mass is 16.5. The van der Waals surface area contributed by atoms with E-state index < -0.39 is 11.8 Å². The van der Waals surface area contributed by atoms with Gasteiger partial charge in [0.1, 0.15) is 17.2 Å². The van der Waals surface area contributed by atoms with E-state index in [1.54, 1.807) is 37.4 Å². The van der Waals surface area contributed by atoms with Crippen LogP contribution in [0.3, 0.4) is 0 Å². The number of ether oxygens (including phenoxy) is 3. The molecule has 0 atom stereocenters. The van der Waals surface area contributed by atoms with Gasteiger partial charge in [-0.05, 0) is 54.8 Å². The summed E-state index contributed by atoms with van der Waals surface area (Å²) in [6, 6.07) is 15.9. The molecule has 0 fully saturated rings. The molecule has 0 saturated carbocycles. The largest absolute Gasteiger partial charge is 0.496 e. The molecule has 1 aromatic heterocycles. The van der Waals surface area contributed by atoms with E-state index in [0.717, 1.165) is 17.7 Å². The van der Waals surface area contributed by atoms with Gasteiger partial charge < -0.3 is 29.3 Å². The minimum Gasteiger partial charge on any atom is -0.496 e. The third-order valence-electron chi connectivity index (χ3n) is 5.07. The fourth-order valence-electron chi connectivity index (χ4n) is 3.33. The van der Waals surface area contributed by atoms with Crippen LogP contribution in [0.4, 0.5) is 0 Å². The molecule has 0 saturated heterocycles. The van der Waals surface area contributed by atoms with Crippen LogP contribution in [-0.2, 0) is 11.2 Å². The molecule has 2 N–H and O–H groups in total. The van der Waals surface area contributed by atoms with Crippen LogP contribution < -0.4 is 24.8 Å². The molecule has 3 aromatic rings. The summed E-state index contributed by atoms with van der Waals surface area (Å²) >= 11 is 0. The lowest BCUT2D eigenvalue weighted by Crippen LogP contribution is -2.35. The summed E-state index contributed by atoms with van der Waals surface area (Å²) in [6.07, 6.45) is 4.41. The van der Waals surface area contributed by atoms with Crippen LogP contribution in [-0.4, -0.2) is 39.7 Å². The first kappa shape index (κ1) is 24.4. The van der Waals surface area contributed by atoms with Crippen molar-refractivity contribution in [2.75, 3.05) is 27.9 Å². The number of nitrogens with one attached hydrogen (secondary N) is 2. The monoisotopic (exact) mass is 464 g/mol. The van der Waals surface area contributed by atoms with Gasteiger partial charge in [0, 0.05) is 18.2 Å². The smallest absolute Gasteiger partial charge is 0.267 e. The van der Waals surface area contributed by atoms with Crippen molar-refractivity contribution < 1.29 is 28.2 Å². The van der Waals surface area contributed by atoms with Gasteiger partial charge in [0.25, 0.3) is 11.8 Å². The third-order valence-corrected chi connectivity index (χ3v) is 5.07. The maximum Gasteiger partial charge on any atom is 0.267 e. The molecule has 0 bridgehead atoms. The zero-order valence-corrected chi connectivity index (χ0v) is 19.4. The van der Waals surface area contributed by atoms with E-state index in [0.29, 0.717) is 35.8 Å². The average Bonchev–Trinajstić information content (AvgIpc) is 3.39. The van der Waals surface area contributed by atoms with E-state index >= 15 is 0 Å². The molecule has 0 aliphatic heterocycles. The normalized spacial score (nSPS) is 11.0. The SMILES string of the molecule is COc1ccccc1CCCNC(=O)/C(=C/c1ccco1)NC(=O)c1ccc(OC)c(OC)c1. The van der Waals surface area contributed by atoms with Crippen molar-refractivity contribution in [3.05, 3.63) is 83.4 Å². The summed E-state index contributed by atoms with van der Waals surface area (Å²) in [7, 11) is 4.63. The molecule has 0 spiro atoms. The molecule has 8 heteroatoms. The van der Waals surface area contributed by atoms with Crippen LogP contribution in [0.1, 0.15) is 28.1 Å². The Balaban J connectivity index is 1.67. The van der Waals surface area contributed by atoms with Crippen LogP contribution >= 0.6 is 0 Å². The Morgan fingerprint density at radius 3 is 2.38 bits per heavy atom. The summed E-state index contributed by atoms with van der Waals surface area (Å²) < 4.78 is 21.2. The Bertz CT molecular complexity index is 1140. The fraction of sp³-hybridized carbons (Fsp3) is 0.231. The van der Waals surface area contributed by atoms with Gasteiger partial charge in [-0.3, -0.25) is 9.59 Å². The number of para-hydroxylation sites is 1. The van der Waals surface area contributed by atoms with Crippen LogP contribution in [0.15, 0.2) is 71.0 Å². The van der Waals surface area contributed by atoms with Crippen molar-refractivity contribution in [2.45, 2.75) is 12.8 Å². The zero-order chi connectivity index (χ0) is 24.3. The summed E-state index contributed by atoms with van der Waals surface area (Å²) in [4.78, 5) is 25.8. The predicted octanol–water partition coefficient (Wildman–Crippen LogP) is 3.83. The standard InChI is InChI=1S/C26H28N2O6/c1-31-22-11-5-4-8-18(22)9-6-14-27-26(30)21(17-20-10-7-15-34-20)28-25(29)19-12-13-23(32-2)24(16-19)33-3/h4-5,7-8,10-13,15-17H,6,9,14H2,1-3H3,(H,27,30)(H,28,29)/b21-17-. The Morgan fingerprint density at radius 1 is 0.912 bits per heavy atom. The molecule has 1 heterocycles. The Morgan fingerprint density at radius 2 is 1.68 bits per heavy atom. The van der Waals surface area contributed by atoms with E-state index in [9.17, 15) is 9.59 Å². The second-order valence-corrected chi connectivity index (χ2v) is 7.27. The second-order valence-electron chi connectivity index (χ2n) is 7.27. The molecule has 0 unspecified atom stereocenters. The van der Waals surface area contributed by atoms with E-state index in [2.05, 4.69) is 10.6 Å². The van der Waals surface area contributed by atoms with E-state index in [1.165, 1.54) is 26.6 Å². The van der Waals surface area contributed by atoms with Gasteiger partial charge in [-0.2, -0.15) is 0 Å². The van der Waals surface area contributed by atoms with Gasteiger partial charge in [-0.15, -0.1) is 0 Å². The minimum atomic E-state index is -0.470. The van der Waals surface area contributed by atoms with Gasteiger partial charge in [0.2, 0.25) is 0 Å². The number of furan rings is 1. The van der Waals surface area contributed by atoms with Crippen LogP contribution in [0.5, 0.6) is 17.2 Å². The second kappa shape index (κ2) is 12.2. The van der Waals surface area contributed by atoms with Gasteiger partial charge in [0.15, 0.2) is 11.5 Å². The Kier molecular flexibility index (Phi) is 8.73. The molecule has 0 radical (unpaired) electrons. The summed E-state index contributed by atoms with van der Waals surface area (Å²) in [5, 5.41) is 5.52. The van der Waals surface area contributed by atoms with Gasteiger partial charge in [0.05, 0.1) is 27.6 Å². The number of hydrogen-bond acceptors (Lipinski definition) is 6. The molecule has 8 nitrogen and oxygen atoms in total. The number of hydrogen-bond donors (Lipinski definition) is 2. The van der Waals surface area contributed by atoms with Crippen molar-refractivity contribution in [2.24, 2.45) is 0 Å². The van der Waals surface area contributed by atoms with Crippen molar-refractivity contribution in [1.29, 1.82) is 0 Å². The number of amides is 2. The van der Waals surface area contributed by atoms with E-state index in [1.807, 2.05) is 24.3 Å². The topological polar surface area (TPSA) is 99.0 Å². The Hall–Kier alpha value is -4.20. The first-order valence-electron chi connectivity index (χ1n) is 10.7. The fourth-order valence-corrected chi connectivity index (χ4v) is 3.33. The van der Waals surface area contributed by atoms with Gasteiger partial charge >= 0.3 is 0 Å². The predicted molar refractivity (Wildman–Crippen MR) is 128 cm³/mol. The van der Waals surface area contributed by atoms with Crippen molar-refractivity contribution >= 4 is 17.9 Å². The molecule has 0 aliphatic rings. The number of aryl methyl sites for hydroxylation is 1. The third kappa shape index (κ3) is 6.41. The molecular formula is C26H28N2O6. The molecule has 3 rings (SSSR count). The van der Waals surface area contributed by atoms with Crippen molar-refractivity contribution in [3.63, 3.8) is 0 Å². The number of carbonyl (C=O) groups excluding carboxylic acids is 2. The zero-order valence-electron chi connectivity index (χ0n) is 19.4. The number of rotatable bonds is 11. The van der Waals surface area contributed by atoms with Crippen LogP contribution in [0, 0.1) is 0 Å². The number of carbonyl (C=O) groups is 2. The Labute approximate surface area is 198 Å². The number of benzene rings is 2. The van der Waals surface area contributed by atoms with Crippen LogP contribution in [0.25, 0.3) is 6.08 Å². The first-order chi connectivity index (χ1) is 16.5. The molecule has 2 amide bonds. The van der Waals surface area contributed by atoms with Crippen LogP contribution in [0.2, 0.25) is 0 Å². The lowest BCUT2D eigenvalue weighted by atomic mass is 10.1. The molecule has 2 aromatic carbocycles. The highest BCUT2D eigenvalue weighted by Crippen LogP contribution is 2.27. The maximum absolute atomic E-state index is 12.9. The van der Waals surface area contributed by atoms with E-state index in [4.69, 9.17) is 18.6 Å². The molecular weight excluding hydrogens is 436 g/mol. The maximum atomic E-state index is 12.9. The number of methoxy groups -OCH3 is 3. The van der Waals surface area contributed by atoms with Crippen molar-refractivity contribution in [3.8, 4) is 17.2 Å². The minimum absolute atomic E-state index is 0.0621. The van der Waals surface area contributed by atoms with E-state index in [-0.39, 0.29) is 5.70 Å². The van der Waals surface area contributed by atoms with Crippen molar-refractivity contribution in [1.82, 2.24) is 10.6 Å². The van der Waals surface area contributed by atoms with Gasteiger partial charge in [-0.1, -0.05) is 18.2 Å². The lowest BCUT2D eigenvalue weighted by Gasteiger charge is -2.13. The molecule has 0 aliphatic carbocycles.